The second-order valence-corrected chi connectivity index (χ2v) is 6.56. The summed E-state index contributed by atoms with van der Waals surface area (Å²) in [5.74, 6) is 6.31. The molecule has 0 saturated heterocycles. The van der Waals surface area contributed by atoms with Gasteiger partial charge in [-0.3, -0.25) is 0 Å². The first-order valence-corrected chi connectivity index (χ1v) is 9.59. The number of amides is 2. The number of nitrogens with one attached hydrogen (secondary N) is 2. The molecule has 0 bridgehead atoms. The molecule has 2 amide bonds. The molecule has 0 aliphatic heterocycles. The van der Waals surface area contributed by atoms with E-state index < -0.39 is 0 Å². The predicted octanol–water partition coefficient (Wildman–Crippen LogP) is 4.81. The number of benzene rings is 3. The van der Waals surface area contributed by atoms with Gasteiger partial charge in [0.1, 0.15) is 12.4 Å². The van der Waals surface area contributed by atoms with Gasteiger partial charge in [-0.05, 0) is 23.3 Å². The van der Waals surface area contributed by atoms with Crippen molar-refractivity contribution >= 4 is 17.6 Å². The van der Waals surface area contributed by atoms with E-state index in [0.29, 0.717) is 10.8 Å². The fraction of sp³-hybridized carbons (Fsp3) is 0.125. The lowest BCUT2D eigenvalue weighted by Gasteiger charge is -2.19. The molecular weight excluding hydrogens is 384 g/mol. The average Bonchev–Trinajstić information content (AvgIpc) is 2.77. The summed E-state index contributed by atoms with van der Waals surface area (Å²) in [5.41, 5.74) is 2.01. The Morgan fingerprint density at radius 2 is 1.45 bits per heavy atom. The van der Waals surface area contributed by atoms with E-state index in [0.717, 1.165) is 11.1 Å². The first-order chi connectivity index (χ1) is 14.2. The molecule has 3 aromatic carbocycles. The van der Waals surface area contributed by atoms with E-state index in [-0.39, 0.29) is 25.2 Å². The molecule has 0 spiro atoms. The molecule has 0 radical (unpaired) electrons. The van der Waals surface area contributed by atoms with Crippen molar-refractivity contribution in [3.63, 3.8) is 0 Å². The molecule has 0 aliphatic carbocycles. The van der Waals surface area contributed by atoms with Crippen LogP contribution in [0.5, 0.6) is 5.75 Å². The maximum atomic E-state index is 12.4. The molecule has 3 aromatic rings. The van der Waals surface area contributed by atoms with Crippen molar-refractivity contribution in [2.24, 2.45) is 0 Å². The quantitative estimate of drug-likeness (QED) is 0.579. The lowest BCUT2D eigenvalue weighted by atomic mass is 9.99. The van der Waals surface area contributed by atoms with Crippen LogP contribution in [-0.4, -0.2) is 19.2 Å². The van der Waals surface area contributed by atoms with Crippen LogP contribution >= 0.6 is 11.6 Å². The lowest BCUT2D eigenvalue weighted by molar-refractivity contribution is 0.240. The summed E-state index contributed by atoms with van der Waals surface area (Å²) in [6, 6.07) is 26.4. The summed E-state index contributed by atoms with van der Waals surface area (Å²) < 4.78 is 5.49. The zero-order chi connectivity index (χ0) is 20.3. The zero-order valence-corrected chi connectivity index (χ0v) is 16.5. The van der Waals surface area contributed by atoms with Crippen molar-refractivity contribution < 1.29 is 9.53 Å². The molecule has 0 aromatic heterocycles. The van der Waals surface area contributed by atoms with Crippen LogP contribution in [0.25, 0.3) is 0 Å². The minimum absolute atomic E-state index is 0.198. The lowest BCUT2D eigenvalue weighted by Crippen LogP contribution is -2.38. The Bertz CT molecular complexity index is 942. The van der Waals surface area contributed by atoms with Crippen LogP contribution in [0.3, 0.4) is 0 Å². The Morgan fingerprint density at radius 3 is 2.07 bits per heavy atom. The van der Waals surface area contributed by atoms with Gasteiger partial charge in [-0.1, -0.05) is 96.2 Å². The van der Waals surface area contributed by atoms with Gasteiger partial charge in [0.25, 0.3) is 0 Å². The largest absolute Gasteiger partial charge is 0.479 e. The molecule has 29 heavy (non-hydrogen) atoms. The molecule has 0 atom stereocenters. The number of carbonyl (C=O) groups is 1. The van der Waals surface area contributed by atoms with Crippen LogP contribution in [0.1, 0.15) is 17.2 Å². The van der Waals surface area contributed by atoms with Crippen molar-refractivity contribution in [3.8, 4) is 17.6 Å². The number of hydrogen-bond donors (Lipinski definition) is 2. The third-order valence-electron chi connectivity index (χ3n) is 4.14. The SMILES string of the molecule is O=C(NCC#CCOc1ccccc1Cl)NC(c1ccccc1)c1ccccc1. The van der Waals surface area contributed by atoms with E-state index >= 15 is 0 Å². The second kappa shape index (κ2) is 10.8. The van der Waals surface area contributed by atoms with Crippen molar-refractivity contribution in [2.75, 3.05) is 13.2 Å². The number of carbonyl (C=O) groups excluding carboxylic acids is 1. The fourth-order valence-electron chi connectivity index (χ4n) is 2.75. The third kappa shape index (κ3) is 6.31. The first-order valence-electron chi connectivity index (χ1n) is 9.21. The molecular formula is C24H21ClN2O2. The highest BCUT2D eigenvalue weighted by Crippen LogP contribution is 2.23. The number of rotatable bonds is 6. The van der Waals surface area contributed by atoms with Gasteiger partial charge in [0.15, 0.2) is 0 Å². The summed E-state index contributed by atoms with van der Waals surface area (Å²) in [5, 5.41) is 6.31. The zero-order valence-electron chi connectivity index (χ0n) is 15.8. The van der Waals surface area contributed by atoms with Crippen LogP contribution in [0, 0.1) is 11.8 Å². The Hall–Kier alpha value is -3.42. The minimum Gasteiger partial charge on any atom is -0.479 e. The highest BCUT2D eigenvalue weighted by Gasteiger charge is 2.15. The molecule has 4 nitrogen and oxygen atoms in total. The Morgan fingerprint density at radius 1 is 0.862 bits per heavy atom. The van der Waals surface area contributed by atoms with Gasteiger partial charge in [0, 0.05) is 0 Å². The van der Waals surface area contributed by atoms with Gasteiger partial charge in [-0.25, -0.2) is 4.79 Å². The first kappa shape index (κ1) is 20.3. The van der Waals surface area contributed by atoms with Crippen LogP contribution < -0.4 is 15.4 Å². The summed E-state index contributed by atoms with van der Waals surface area (Å²) >= 11 is 6.02. The smallest absolute Gasteiger partial charge is 0.316 e. The highest BCUT2D eigenvalue weighted by atomic mass is 35.5. The minimum atomic E-state index is -0.288. The van der Waals surface area contributed by atoms with Crippen LogP contribution in [-0.2, 0) is 0 Å². The molecule has 146 valence electrons. The van der Waals surface area contributed by atoms with Crippen molar-refractivity contribution in [1.29, 1.82) is 0 Å². The summed E-state index contributed by atoms with van der Waals surface area (Å²) in [6.07, 6.45) is 0. The van der Waals surface area contributed by atoms with Gasteiger partial charge in [-0.15, -0.1) is 0 Å². The van der Waals surface area contributed by atoms with E-state index in [2.05, 4.69) is 22.5 Å². The summed E-state index contributed by atoms with van der Waals surface area (Å²) in [6.45, 7) is 0.414. The topological polar surface area (TPSA) is 50.4 Å². The van der Waals surface area contributed by atoms with Gasteiger partial charge in [-0.2, -0.15) is 0 Å². The van der Waals surface area contributed by atoms with Gasteiger partial charge in [0.05, 0.1) is 17.6 Å². The summed E-state index contributed by atoms with van der Waals surface area (Å²) in [4.78, 5) is 12.4. The maximum absolute atomic E-state index is 12.4. The van der Waals surface area contributed by atoms with Gasteiger partial charge >= 0.3 is 6.03 Å². The van der Waals surface area contributed by atoms with E-state index in [4.69, 9.17) is 16.3 Å². The Kier molecular flexibility index (Phi) is 7.56. The molecule has 2 N–H and O–H groups in total. The molecule has 0 heterocycles. The maximum Gasteiger partial charge on any atom is 0.316 e. The molecule has 0 saturated carbocycles. The Labute approximate surface area is 175 Å². The standard InChI is InChI=1S/C24H21ClN2O2/c25-21-15-7-8-16-22(21)29-18-10-9-17-26-24(28)27-23(19-11-3-1-4-12-19)20-13-5-2-6-14-20/h1-8,11-16,23H,17-18H2,(H2,26,27,28). The number of urea groups is 1. The normalized spacial score (nSPS) is 10.0. The average molecular weight is 405 g/mol. The predicted molar refractivity (Wildman–Crippen MR) is 116 cm³/mol. The van der Waals surface area contributed by atoms with E-state index in [1.807, 2.05) is 72.8 Å². The fourth-order valence-corrected chi connectivity index (χ4v) is 2.94. The van der Waals surface area contributed by atoms with E-state index in [1.165, 1.54) is 0 Å². The van der Waals surface area contributed by atoms with E-state index in [1.54, 1.807) is 12.1 Å². The molecule has 0 fully saturated rings. The van der Waals surface area contributed by atoms with Crippen LogP contribution in [0.2, 0.25) is 5.02 Å². The molecule has 0 aliphatic rings. The number of para-hydroxylation sites is 1. The van der Waals surface area contributed by atoms with Crippen molar-refractivity contribution in [2.45, 2.75) is 6.04 Å². The highest BCUT2D eigenvalue weighted by molar-refractivity contribution is 6.32. The monoisotopic (exact) mass is 404 g/mol. The van der Waals surface area contributed by atoms with E-state index in [9.17, 15) is 4.79 Å². The molecule has 0 unspecified atom stereocenters. The summed E-state index contributed by atoms with van der Waals surface area (Å²) in [7, 11) is 0. The van der Waals surface area contributed by atoms with Gasteiger partial charge < -0.3 is 15.4 Å². The molecule has 3 rings (SSSR count). The van der Waals surface area contributed by atoms with Crippen LogP contribution in [0.4, 0.5) is 4.79 Å². The van der Waals surface area contributed by atoms with Crippen LogP contribution in [0.15, 0.2) is 84.9 Å². The number of ether oxygens (including phenoxy) is 1. The molecule has 5 heteroatoms. The second-order valence-electron chi connectivity index (χ2n) is 6.15. The third-order valence-corrected chi connectivity index (χ3v) is 4.45. The van der Waals surface area contributed by atoms with Gasteiger partial charge in [0.2, 0.25) is 0 Å². The number of halogens is 1. The number of hydrogen-bond acceptors (Lipinski definition) is 2. The van der Waals surface area contributed by atoms with Crippen molar-refractivity contribution in [3.05, 3.63) is 101 Å². The Balaban J connectivity index is 1.52. The van der Waals surface area contributed by atoms with Crippen molar-refractivity contribution in [1.82, 2.24) is 10.6 Å².